The summed E-state index contributed by atoms with van der Waals surface area (Å²) in [6.45, 7) is 3.98. The number of hydrogen-bond acceptors (Lipinski definition) is 4. The quantitative estimate of drug-likeness (QED) is 0.582. The molecule has 0 bridgehead atoms. The van der Waals surface area contributed by atoms with E-state index in [0.29, 0.717) is 11.5 Å². The maximum Gasteiger partial charge on any atom is 0.322 e. The number of carbonyl (C=O) groups excluding carboxylic acids is 1. The molecule has 26 heavy (non-hydrogen) atoms. The number of hydrogen-bond donors (Lipinski definition) is 1. The fraction of sp³-hybridized carbons (Fsp3) is 0.0952. The Bertz CT molecular complexity index is 1120. The highest BCUT2D eigenvalue weighted by Gasteiger charge is 2.14. The average molecular weight is 343 g/mol. The molecule has 4 aromatic rings. The molecule has 1 amide bonds. The molecule has 0 aliphatic rings. The van der Waals surface area contributed by atoms with E-state index in [4.69, 9.17) is 4.42 Å². The van der Waals surface area contributed by atoms with Gasteiger partial charge >= 0.3 is 6.01 Å². The Morgan fingerprint density at radius 2 is 1.73 bits per heavy atom. The molecule has 0 radical (unpaired) electrons. The van der Waals surface area contributed by atoms with Crippen molar-refractivity contribution in [1.82, 2.24) is 10.2 Å². The normalized spacial score (nSPS) is 10.8. The third-order valence-corrected chi connectivity index (χ3v) is 4.28. The van der Waals surface area contributed by atoms with E-state index in [1.807, 2.05) is 68.4 Å². The molecule has 0 saturated heterocycles. The van der Waals surface area contributed by atoms with Gasteiger partial charge in [0.2, 0.25) is 5.89 Å². The third kappa shape index (κ3) is 3.07. The molecule has 0 saturated carbocycles. The number of carbonyl (C=O) groups is 1. The summed E-state index contributed by atoms with van der Waals surface area (Å²) in [5, 5.41) is 12.7. The van der Waals surface area contributed by atoms with Crippen LogP contribution in [-0.2, 0) is 0 Å². The van der Waals surface area contributed by atoms with Crippen molar-refractivity contribution in [2.45, 2.75) is 13.8 Å². The van der Waals surface area contributed by atoms with E-state index in [-0.39, 0.29) is 11.9 Å². The van der Waals surface area contributed by atoms with Crippen LogP contribution in [0.3, 0.4) is 0 Å². The Morgan fingerprint density at radius 1 is 0.923 bits per heavy atom. The summed E-state index contributed by atoms with van der Waals surface area (Å²) >= 11 is 0. The van der Waals surface area contributed by atoms with E-state index in [0.717, 1.165) is 27.5 Å². The van der Waals surface area contributed by atoms with Gasteiger partial charge in [0, 0.05) is 11.1 Å². The first kappa shape index (κ1) is 16.0. The van der Waals surface area contributed by atoms with Crippen LogP contribution in [0, 0.1) is 13.8 Å². The van der Waals surface area contributed by atoms with Gasteiger partial charge in [-0.15, -0.1) is 5.10 Å². The van der Waals surface area contributed by atoms with Gasteiger partial charge in [-0.3, -0.25) is 10.1 Å². The second kappa shape index (κ2) is 6.44. The molecule has 1 aromatic heterocycles. The van der Waals surface area contributed by atoms with Crippen LogP contribution in [0.25, 0.3) is 22.2 Å². The van der Waals surface area contributed by atoms with Crippen molar-refractivity contribution in [3.63, 3.8) is 0 Å². The minimum Gasteiger partial charge on any atom is -0.403 e. The number of anilines is 1. The molecular weight excluding hydrogens is 326 g/mol. The number of amides is 1. The van der Waals surface area contributed by atoms with Crippen molar-refractivity contribution >= 4 is 22.7 Å². The summed E-state index contributed by atoms with van der Waals surface area (Å²) in [7, 11) is 0. The first-order valence-corrected chi connectivity index (χ1v) is 8.31. The average Bonchev–Trinajstić information content (AvgIpc) is 3.11. The number of benzene rings is 3. The highest BCUT2D eigenvalue weighted by molar-refractivity contribution is 6.05. The van der Waals surface area contributed by atoms with E-state index in [1.165, 1.54) is 0 Å². The van der Waals surface area contributed by atoms with Gasteiger partial charge < -0.3 is 4.42 Å². The Morgan fingerprint density at radius 3 is 2.58 bits per heavy atom. The Labute approximate surface area is 150 Å². The van der Waals surface area contributed by atoms with Crippen LogP contribution in [0.1, 0.15) is 21.5 Å². The molecule has 4 rings (SSSR count). The lowest BCUT2D eigenvalue weighted by Gasteiger charge is -2.03. The molecular formula is C21H17N3O2. The summed E-state index contributed by atoms with van der Waals surface area (Å²) in [4.78, 5) is 12.5. The van der Waals surface area contributed by atoms with Crippen LogP contribution >= 0.6 is 0 Å². The molecule has 1 N–H and O–H groups in total. The lowest BCUT2D eigenvalue weighted by atomic mass is 10.1. The van der Waals surface area contributed by atoms with Gasteiger partial charge in [-0.2, -0.15) is 0 Å². The summed E-state index contributed by atoms with van der Waals surface area (Å²) in [6, 6.07) is 19.5. The van der Waals surface area contributed by atoms with Crippen LogP contribution in [0.2, 0.25) is 0 Å². The molecule has 0 unspecified atom stereocenters. The van der Waals surface area contributed by atoms with Crippen LogP contribution in [0.15, 0.2) is 65.1 Å². The number of nitrogens with one attached hydrogen (secondary N) is 1. The predicted octanol–water partition coefficient (Wildman–Crippen LogP) is 4.76. The van der Waals surface area contributed by atoms with Gasteiger partial charge in [0.05, 0.1) is 0 Å². The molecule has 5 heteroatoms. The van der Waals surface area contributed by atoms with Crippen molar-refractivity contribution in [1.29, 1.82) is 0 Å². The van der Waals surface area contributed by atoms with Gasteiger partial charge in [0.25, 0.3) is 5.91 Å². The zero-order valence-electron chi connectivity index (χ0n) is 14.5. The van der Waals surface area contributed by atoms with Crippen molar-refractivity contribution in [3.8, 4) is 11.5 Å². The molecule has 5 nitrogen and oxygen atoms in total. The second-order valence-electron chi connectivity index (χ2n) is 6.25. The third-order valence-electron chi connectivity index (χ3n) is 4.28. The summed E-state index contributed by atoms with van der Waals surface area (Å²) < 4.78 is 5.63. The Hall–Kier alpha value is -3.47. The fourth-order valence-corrected chi connectivity index (χ4v) is 2.85. The second-order valence-corrected chi connectivity index (χ2v) is 6.25. The number of fused-ring (bicyclic) bond motifs is 1. The Balaban J connectivity index is 1.58. The minimum atomic E-state index is -0.285. The number of nitrogens with zero attached hydrogens (tertiary/aromatic N) is 2. The maximum atomic E-state index is 12.5. The maximum absolute atomic E-state index is 12.5. The zero-order chi connectivity index (χ0) is 18.1. The molecule has 0 aliphatic carbocycles. The van der Waals surface area contributed by atoms with E-state index >= 15 is 0 Å². The molecule has 3 aromatic carbocycles. The van der Waals surface area contributed by atoms with E-state index in [2.05, 4.69) is 15.5 Å². The highest BCUT2D eigenvalue weighted by atomic mass is 16.4. The smallest absolute Gasteiger partial charge is 0.322 e. The van der Waals surface area contributed by atoms with Gasteiger partial charge in [-0.25, -0.2) is 0 Å². The molecule has 0 fully saturated rings. The van der Waals surface area contributed by atoms with Crippen molar-refractivity contribution in [3.05, 3.63) is 77.4 Å². The molecule has 0 aliphatic heterocycles. The minimum absolute atomic E-state index is 0.0825. The standard InChI is InChI=1S/C21H17N3O2/c1-13-7-8-14(2)18(11-13)20-23-24-21(26-20)22-19(25)17-10-9-15-5-3-4-6-16(15)12-17/h3-12H,1-2H3,(H,22,24,25). The van der Waals surface area contributed by atoms with Gasteiger partial charge in [-0.1, -0.05) is 53.1 Å². The number of rotatable bonds is 3. The van der Waals surface area contributed by atoms with Gasteiger partial charge in [-0.05, 0) is 48.4 Å². The summed E-state index contributed by atoms with van der Waals surface area (Å²) in [5.41, 5.74) is 3.54. The lowest BCUT2D eigenvalue weighted by molar-refractivity contribution is 0.102. The van der Waals surface area contributed by atoms with Gasteiger partial charge in [0.1, 0.15) is 0 Å². The lowest BCUT2D eigenvalue weighted by Crippen LogP contribution is -2.12. The van der Waals surface area contributed by atoms with Crippen LogP contribution < -0.4 is 5.32 Å². The molecule has 0 spiro atoms. The molecule has 1 heterocycles. The topological polar surface area (TPSA) is 68.0 Å². The Kier molecular flexibility index (Phi) is 3.97. The largest absolute Gasteiger partial charge is 0.403 e. The van der Waals surface area contributed by atoms with Crippen molar-refractivity contribution in [2.24, 2.45) is 0 Å². The SMILES string of the molecule is Cc1ccc(C)c(-c2nnc(NC(=O)c3ccc4ccccc4c3)o2)c1. The highest BCUT2D eigenvalue weighted by Crippen LogP contribution is 2.25. The van der Waals surface area contributed by atoms with Crippen LogP contribution in [-0.4, -0.2) is 16.1 Å². The zero-order valence-corrected chi connectivity index (χ0v) is 14.5. The van der Waals surface area contributed by atoms with E-state index in [1.54, 1.807) is 6.07 Å². The summed E-state index contributed by atoms with van der Waals surface area (Å²) in [6.07, 6.45) is 0. The van der Waals surface area contributed by atoms with E-state index < -0.39 is 0 Å². The van der Waals surface area contributed by atoms with Crippen molar-refractivity contribution in [2.75, 3.05) is 5.32 Å². The predicted molar refractivity (Wildman–Crippen MR) is 101 cm³/mol. The number of aromatic nitrogens is 2. The van der Waals surface area contributed by atoms with Gasteiger partial charge in [0.15, 0.2) is 0 Å². The van der Waals surface area contributed by atoms with Crippen LogP contribution in [0.5, 0.6) is 0 Å². The molecule has 128 valence electrons. The van der Waals surface area contributed by atoms with Crippen molar-refractivity contribution < 1.29 is 9.21 Å². The first-order valence-electron chi connectivity index (χ1n) is 8.31. The van der Waals surface area contributed by atoms with E-state index in [9.17, 15) is 4.79 Å². The van der Waals surface area contributed by atoms with Crippen LogP contribution in [0.4, 0.5) is 6.01 Å². The first-order chi connectivity index (χ1) is 12.6. The number of aryl methyl sites for hydroxylation is 2. The molecule has 0 atom stereocenters. The summed E-state index contributed by atoms with van der Waals surface area (Å²) in [5.74, 6) is 0.104. The monoisotopic (exact) mass is 343 g/mol. The fourth-order valence-electron chi connectivity index (χ4n) is 2.85.